The van der Waals surface area contributed by atoms with Gasteiger partial charge in [0, 0.05) is 29.9 Å². The summed E-state index contributed by atoms with van der Waals surface area (Å²) in [5, 5.41) is 8.89. The third-order valence-corrected chi connectivity index (χ3v) is 4.69. The van der Waals surface area contributed by atoms with Crippen LogP contribution in [0, 0.1) is 0 Å². The summed E-state index contributed by atoms with van der Waals surface area (Å²) >= 11 is 5.80. The summed E-state index contributed by atoms with van der Waals surface area (Å²) in [4.78, 5) is 24.6. The number of hydrogen-bond donors (Lipinski definition) is 2. The van der Waals surface area contributed by atoms with Gasteiger partial charge >= 0.3 is 6.18 Å². The van der Waals surface area contributed by atoms with E-state index in [1.807, 2.05) is 6.92 Å². The molecule has 3 rings (SSSR count). The van der Waals surface area contributed by atoms with Crippen LogP contribution in [0.3, 0.4) is 0 Å². The number of ether oxygens (including phenoxy) is 1. The second-order valence-corrected chi connectivity index (χ2v) is 7.22. The maximum Gasteiger partial charge on any atom is 0.435 e. The van der Waals surface area contributed by atoms with Crippen molar-refractivity contribution in [2.75, 3.05) is 19.7 Å². The Kier molecular flexibility index (Phi) is 7.59. The molecule has 0 fully saturated rings. The van der Waals surface area contributed by atoms with Gasteiger partial charge in [-0.15, -0.1) is 0 Å². The van der Waals surface area contributed by atoms with Gasteiger partial charge in [0.05, 0.1) is 17.9 Å². The number of hydrogen-bond acceptors (Lipinski definition) is 4. The van der Waals surface area contributed by atoms with Crippen molar-refractivity contribution in [1.82, 2.24) is 20.4 Å². The van der Waals surface area contributed by atoms with E-state index >= 15 is 0 Å². The standard InChI is InChI=1S/C22H20ClF3N4O3/c1-2-33-17-9-3-14(4-10-17)20(31)27-11-12-28-21(32)18-13-30(29-19(18)22(24,25)26)16-7-5-15(23)6-8-16/h3-10,13H,2,11-12H2,1H3,(H,27,31)(H,28,32). The molecule has 0 radical (unpaired) electrons. The Bertz CT molecular complexity index is 1110. The highest BCUT2D eigenvalue weighted by Crippen LogP contribution is 2.31. The number of amides is 2. The molecule has 3 aromatic rings. The van der Waals surface area contributed by atoms with Crippen molar-refractivity contribution in [1.29, 1.82) is 0 Å². The van der Waals surface area contributed by atoms with Crippen LogP contribution in [-0.4, -0.2) is 41.3 Å². The largest absolute Gasteiger partial charge is 0.494 e. The van der Waals surface area contributed by atoms with E-state index in [9.17, 15) is 22.8 Å². The first-order valence-electron chi connectivity index (χ1n) is 9.91. The topological polar surface area (TPSA) is 85.3 Å². The summed E-state index contributed by atoms with van der Waals surface area (Å²) < 4.78 is 46.5. The second kappa shape index (κ2) is 10.4. The summed E-state index contributed by atoms with van der Waals surface area (Å²) in [6, 6.07) is 12.4. The van der Waals surface area contributed by atoms with E-state index in [1.165, 1.54) is 24.3 Å². The normalized spacial score (nSPS) is 11.2. The first kappa shape index (κ1) is 24.1. The lowest BCUT2D eigenvalue weighted by molar-refractivity contribution is -0.141. The van der Waals surface area contributed by atoms with Gasteiger partial charge in [-0.3, -0.25) is 9.59 Å². The van der Waals surface area contributed by atoms with Crippen molar-refractivity contribution < 1.29 is 27.5 Å². The van der Waals surface area contributed by atoms with Crippen molar-refractivity contribution in [2.45, 2.75) is 13.1 Å². The van der Waals surface area contributed by atoms with E-state index in [4.69, 9.17) is 16.3 Å². The number of benzene rings is 2. The molecule has 2 amide bonds. The number of carbonyl (C=O) groups is 2. The SMILES string of the molecule is CCOc1ccc(C(=O)NCCNC(=O)c2cn(-c3ccc(Cl)cc3)nc2C(F)(F)F)cc1. The van der Waals surface area contributed by atoms with E-state index in [0.29, 0.717) is 28.6 Å². The summed E-state index contributed by atoms with van der Waals surface area (Å²) in [7, 11) is 0. The molecule has 0 unspecified atom stereocenters. The molecular weight excluding hydrogens is 461 g/mol. The lowest BCUT2D eigenvalue weighted by atomic mass is 10.2. The molecule has 2 N–H and O–H groups in total. The van der Waals surface area contributed by atoms with E-state index in [0.717, 1.165) is 10.9 Å². The Labute approximate surface area is 192 Å². The summed E-state index contributed by atoms with van der Waals surface area (Å²) in [6.45, 7) is 2.28. The van der Waals surface area contributed by atoms with Crippen LogP contribution in [0.15, 0.2) is 54.7 Å². The summed E-state index contributed by atoms with van der Waals surface area (Å²) in [5.74, 6) is -0.724. The molecular formula is C22H20ClF3N4O3. The molecule has 11 heteroatoms. The molecule has 0 saturated carbocycles. The van der Waals surface area contributed by atoms with Crippen LogP contribution in [-0.2, 0) is 6.18 Å². The fourth-order valence-corrected chi connectivity index (χ4v) is 3.02. The Morgan fingerprint density at radius 3 is 2.18 bits per heavy atom. The maximum atomic E-state index is 13.4. The van der Waals surface area contributed by atoms with Crippen molar-refractivity contribution >= 4 is 23.4 Å². The Balaban J connectivity index is 1.61. The second-order valence-electron chi connectivity index (χ2n) is 6.78. The minimum absolute atomic E-state index is 0.0183. The van der Waals surface area contributed by atoms with Crippen LogP contribution in [0.5, 0.6) is 5.75 Å². The predicted molar refractivity (Wildman–Crippen MR) is 116 cm³/mol. The molecule has 7 nitrogen and oxygen atoms in total. The highest BCUT2D eigenvalue weighted by Gasteiger charge is 2.39. The lowest BCUT2D eigenvalue weighted by Crippen LogP contribution is -2.35. The molecule has 2 aromatic carbocycles. The van der Waals surface area contributed by atoms with Gasteiger partial charge in [0.25, 0.3) is 11.8 Å². The number of alkyl halides is 3. The molecule has 1 aromatic heterocycles. The van der Waals surface area contributed by atoms with Gasteiger partial charge in [-0.05, 0) is 55.5 Å². The van der Waals surface area contributed by atoms with Gasteiger partial charge in [-0.2, -0.15) is 18.3 Å². The van der Waals surface area contributed by atoms with E-state index in [-0.39, 0.29) is 19.0 Å². The average Bonchev–Trinajstić information content (AvgIpc) is 3.24. The minimum Gasteiger partial charge on any atom is -0.494 e. The zero-order valence-electron chi connectivity index (χ0n) is 17.4. The van der Waals surface area contributed by atoms with Gasteiger partial charge in [-0.1, -0.05) is 11.6 Å². The van der Waals surface area contributed by atoms with Crippen molar-refractivity contribution in [3.05, 3.63) is 76.6 Å². The van der Waals surface area contributed by atoms with Crippen LogP contribution in [0.1, 0.15) is 33.3 Å². The first-order chi connectivity index (χ1) is 15.7. The van der Waals surface area contributed by atoms with Crippen molar-refractivity contribution in [3.8, 4) is 11.4 Å². The van der Waals surface area contributed by atoms with Crippen LogP contribution in [0.25, 0.3) is 5.69 Å². The Hall–Kier alpha value is -3.53. The lowest BCUT2D eigenvalue weighted by Gasteiger charge is -2.09. The molecule has 0 aliphatic carbocycles. The third-order valence-electron chi connectivity index (χ3n) is 4.44. The molecule has 1 heterocycles. The predicted octanol–water partition coefficient (Wildman–Crippen LogP) is 4.10. The number of nitrogens with one attached hydrogen (secondary N) is 2. The molecule has 174 valence electrons. The Morgan fingerprint density at radius 1 is 1.00 bits per heavy atom. The van der Waals surface area contributed by atoms with Gasteiger partial charge < -0.3 is 15.4 Å². The Morgan fingerprint density at radius 2 is 1.61 bits per heavy atom. The zero-order valence-corrected chi connectivity index (χ0v) is 18.2. The van der Waals surface area contributed by atoms with Gasteiger partial charge in [0.1, 0.15) is 5.75 Å². The quantitative estimate of drug-likeness (QED) is 0.475. The van der Waals surface area contributed by atoms with Crippen LogP contribution in [0.2, 0.25) is 5.02 Å². The zero-order chi connectivity index (χ0) is 24.0. The summed E-state index contributed by atoms with van der Waals surface area (Å²) in [6.07, 6.45) is -3.83. The van der Waals surface area contributed by atoms with Crippen LogP contribution < -0.4 is 15.4 Å². The molecule has 0 bridgehead atoms. The smallest absolute Gasteiger partial charge is 0.435 e. The minimum atomic E-state index is -4.83. The molecule has 0 aliphatic rings. The average molecular weight is 481 g/mol. The molecule has 0 spiro atoms. The maximum absolute atomic E-state index is 13.4. The number of nitrogens with zero attached hydrogens (tertiary/aromatic N) is 2. The van der Waals surface area contributed by atoms with E-state index < -0.39 is 23.3 Å². The number of aromatic nitrogens is 2. The summed E-state index contributed by atoms with van der Waals surface area (Å²) in [5.41, 5.74) is -1.25. The van der Waals surface area contributed by atoms with E-state index in [1.54, 1.807) is 24.3 Å². The molecule has 0 atom stereocenters. The van der Waals surface area contributed by atoms with Crippen molar-refractivity contribution in [2.24, 2.45) is 0 Å². The molecule has 33 heavy (non-hydrogen) atoms. The van der Waals surface area contributed by atoms with Gasteiger partial charge in [-0.25, -0.2) is 4.68 Å². The highest BCUT2D eigenvalue weighted by atomic mass is 35.5. The van der Waals surface area contributed by atoms with Crippen LogP contribution in [0.4, 0.5) is 13.2 Å². The first-order valence-corrected chi connectivity index (χ1v) is 10.3. The number of carbonyl (C=O) groups excluding carboxylic acids is 2. The molecule has 0 saturated heterocycles. The van der Waals surface area contributed by atoms with Crippen molar-refractivity contribution in [3.63, 3.8) is 0 Å². The van der Waals surface area contributed by atoms with E-state index in [2.05, 4.69) is 15.7 Å². The molecule has 0 aliphatic heterocycles. The fourth-order valence-electron chi connectivity index (χ4n) is 2.89. The monoisotopic (exact) mass is 480 g/mol. The number of halogens is 4. The number of rotatable bonds is 8. The van der Waals surface area contributed by atoms with Gasteiger partial charge in [0.15, 0.2) is 5.69 Å². The highest BCUT2D eigenvalue weighted by molar-refractivity contribution is 6.30. The van der Waals surface area contributed by atoms with Gasteiger partial charge in [0.2, 0.25) is 0 Å². The third kappa shape index (κ3) is 6.26. The van der Waals surface area contributed by atoms with Crippen LogP contribution >= 0.6 is 11.6 Å². The fraction of sp³-hybridized carbons (Fsp3) is 0.227.